The number of benzene rings is 1. The first-order valence-electron chi connectivity index (χ1n) is 9.29. The van der Waals surface area contributed by atoms with Crippen molar-refractivity contribution in [3.05, 3.63) is 47.2 Å². The third-order valence-electron chi connectivity index (χ3n) is 5.16. The van der Waals surface area contributed by atoms with Crippen LogP contribution in [0.2, 0.25) is 5.02 Å². The Bertz CT molecular complexity index is 770. The second kappa shape index (κ2) is 7.82. The van der Waals surface area contributed by atoms with E-state index in [4.69, 9.17) is 16.0 Å². The monoisotopic (exact) mass is 373 g/mol. The van der Waals surface area contributed by atoms with Crippen molar-refractivity contribution in [1.82, 2.24) is 15.1 Å². The number of likely N-dealkylation sites (tertiary alicyclic amines) is 1. The Morgan fingerprint density at radius 1 is 1.15 bits per heavy atom. The smallest absolute Gasteiger partial charge is 0.241 e. The zero-order valence-corrected chi connectivity index (χ0v) is 15.5. The van der Waals surface area contributed by atoms with E-state index in [9.17, 15) is 4.79 Å². The molecule has 1 unspecified atom stereocenters. The molecule has 2 aromatic rings. The molecular weight excluding hydrogens is 350 g/mol. The average Bonchev–Trinajstić information content (AvgIpc) is 3.34. The lowest BCUT2D eigenvalue weighted by molar-refractivity contribution is -0.133. The topological polar surface area (TPSA) is 48.7 Å². The van der Waals surface area contributed by atoms with Crippen LogP contribution in [0.3, 0.4) is 0 Å². The molecular formula is C20H24ClN3O2. The normalized spacial score (nSPS) is 21.3. The van der Waals surface area contributed by atoms with Gasteiger partial charge in [-0.15, -0.1) is 0 Å². The van der Waals surface area contributed by atoms with E-state index >= 15 is 0 Å². The number of amides is 1. The Kier molecular flexibility index (Phi) is 5.29. The molecule has 138 valence electrons. The van der Waals surface area contributed by atoms with E-state index in [1.807, 2.05) is 41.3 Å². The van der Waals surface area contributed by atoms with Crippen molar-refractivity contribution >= 4 is 17.5 Å². The van der Waals surface area contributed by atoms with Crippen molar-refractivity contribution in [1.29, 1.82) is 0 Å². The van der Waals surface area contributed by atoms with E-state index < -0.39 is 0 Å². The first kappa shape index (κ1) is 17.6. The van der Waals surface area contributed by atoms with E-state index in [2.05, 4.69) is 10.2 Å². The van der Waals surface area contributed by atoms with Gasteiger partial charge in [-0.25, -0.2) is 0 Å². The van der Waals surface area contributed by atoms with Crippen LogP contribution in [-0.2, 0) is 11.3 Å². The van der Waals surface area contributed by atoms with Gasteiger partial charge in [0.1, 0.15) is 11.5 Å². The standard InChI is InChI=1S/C20H24ClN3O2/c21-17-6-2-1-5-16(17)19-8-7-15(26-19)13-23-12-9-22-18(14-23)20(25)24-10-3-4-11-24/h1-2,5-8,18,22H,3-4,9-14H2. The summed E-state index contributed by atoms with van der Waals surface area (Å²) in [5.74, 6) is 1.92. The van der Waals surface area contributed by atoms with Gasteiger partial charge in [-0.05, 0) is 37.1 Å². The minimum atomic E-state index is -0.111. The summed E-state index contributed by atoms with van der Waals surface area (Å²) in [6.45, 7) is 4.95. The molecule has 2 saturated heterocycles. The Morgan fingerprint density at radius 2 is 1.96 bits per heavy atom. The van der Waals surface area contributed by atoms with Crippen LogP contribution in [0.25, 0.3) is 11.3 Å². The Morgan fingerprint density at radius 3 is 2.77 bits per heavy atom. The molecule has 1 aromatic carbocycles. The number of carbonyl (C=O) groups excluding carboxylic acids is 1. The summed E-state index contributed by atoms with van der Waals surface area (Å²) in [6, 6.07) is 11.5. The van der Waals surface area contributed by atoms with Gasteiger partial charge in [-0.3, -0.25) is 9.69 Å². The van der Waals surface area contributed by atoms with Crippen LogP contribution in [-0.4, -0.2) is 54.5 Å². The fourth-order valence-corrected chi connectivity index (χ4v) is 4.00. The highest BCUT2D eigenvalue weighted by molar-refractivity contribution is 6.33. The summed E-state index contributed by atoms with van der Waals surface area (Å²) >= 11 is 6.26. The molecule has 1 N–H and O–H groups in total. The molecule has 0 spiro atoms. The lowest BCUT2D eigenvalue weighted by Crippen LogP contribution is -2.57. The van der Waals surface area contributed by atoms with Gasteiger partial charge in [-0.2, -0.15) is 0 Å². The van der Waals surface area contributed by atoms with Gasteiger partial charge in [0.05, 0.1) is 17.6 Å². The van der Waals surface area contributed by atoms with E-state index in [0.717, 1.165) is 62.6 Å². The summed E-state index contributed by atoms with van der Waals surface area (Å²) in [5.41, 5.74) is 0.905. The molecule has 26 heavy (non-hydrogen) atoms. The number of nitrogens with one attached hydrogen (secondary N) is 1. The van der Waals surface area contributed by atoms with Crippen LogP contribution < -0.4 is 5.32 Å². The van der Waals surface area contributed by atoms with Crippen molar-refractivity contribution in [3.8, 4) is 11.3 Å². The number of halogens is 1. The fourth-order valence-electron chi connectivity index (χ4n) is 3.77. The number of hydrogen-bond acceptors (Lipinski definition) is 4. The van der Waals surface area contributed by atoms with Crippen LogP contribution in [0.1, 0.15) is 18.6 Å². The first-order chi connectivity index (χ1) is 12.7. The summed E-state index contributed by atoms with van der Waals surface area (Å²) in [5, 5.41) is 4.06. The maximum atomic E-state index is 12.6. The maximum Gasteiger partial charge on any atom is 0.241 e. The molecule has 5 nitrogen and oxygen atoms in total. The van der Waals surface area contributed by atoms with Crippen molar-refractivity contribution in [2.75, 3.05) is 32.7 Å². The lowest BCUT2D eigenvalue weighted by atomic mass is 10.1. The minimum absolute atomic E-state index is 0.111. The van der Waals surface area contributed by atoms with Gasteiger partial charge in [0.25, 0.3) is 0 Å². The van der Waals surface area contributed by atoms with Gasteiger partial charge in [0.2, 0.25) is 5.91 Å². The molecule has 0 radical (unpaired) electrons. The first-order valence-corrected chi connectivity index (χ1v) is 9.66. The third-order valence-corrected chi connectivity index (χ3v) is 5.49. The van der Waals surface area contributed by atoms with Crippen molar-refractivity contribution in [3.63, 3.8) is 0 Å². The molecule has 6 heteroatoms. The molecule has 3 heterocycles. The Hall–Kier alpha value is -1.82. The van der Waals surface area contributed by atoms with Gasteiger partial charge >= 0.3 is 0 Å². The van der Waals surface area contributed by atoms with Gasteiger partial charge < -0.3 is 14.6 Å². The molecule has 2 aliphatic heterocycles. The fraction of sp³-hybridized carbons (Fsp3) is 0.450. The van der Waals surface area contributed by atoms with Crippen LogP contribution in [0.4, 0.5) is 0 Å². The largest absolute Gasteiger partial charge is 0.460 e. The van der Waals surface area contributed by atoms with Crippen molar-refractivity contribution < 1.29 is 9.21 Å². The highest BCUT2D eigenvalue weighted by Crippen LogP contribution is 2.29. The Balaban J connectivity index is 1.39. The third kappa shape index (κ3) is 3.80. The number of furan rings is 1. The van der Waals surface area contributed by atoms with E-state index in [1.54, 1.807) is 0 Å². The predicted octanol–water partition coefficient (Wildman–Crippen LogP) is 3.00. The van der Waals surface area contributed by atoms with Crippen LogP contribution in [0.15, 0.2) is 40.8 Å². The average molecular weight is 374 g/mol. The van der Waals surface area contributed by atoms with Gasteiger partial charge in [0.15, 0.2) is 0 Å². The lowest BCUT2D eigenvalue weighted by Gasteiger charge is -2.34. The zero-order valence-electron chi connectivity index (χ0n) is 14.8. The summed E-state index contributed by atoms with van der Waals surface area (Å²) in [4.78, 5) is 16.9. The molecule has 0 aliphatic carbocycles. The second-order valence-electron chi connectivity index (χ2n) is 7.02. The molecule has 4 rings (SSSR count). The summed E-state index contributed by atoms with van der Waals surface area (Å²) in [7, 11) is 0. The number of piperazine rings is 1. The van der Waals surface area contributed by atoms with Crippen LogP contribution >= 0.6 is 11.6 Å². The Labute approximate surface area is 158 Å². The molecule has 1 atom stereocenters. The predicted molar refractivity (Wildman–Crippen MR) is 102 cm³/mol. The summed E-state index contributed by atoms with van der Waals surface area (Å²) in [6.07, 6.45) is 2.25. The zero-order chi connectivity index (χ0) is 17.9. The van der Waals surface area contributed by atoms with Crippen LogP contribution in [0.5, 0.6) is 0 Å². The van der Waals surface area contributed by atoms with E-state index in [1.165, 1.54) is 0 Å². The molecule has 0 saturated carbocycles. The van der Waals surface area contributed by atoms with Crippen LogP contribution in [0, 0.1) is 0 Å². The number of nitrogens with zero attached hydrogens (tertiary/aromatic N) is 2. The number of carbonyl (C=O) groups is 1. The maximum absolute atomic E-state index is 12.6. The summed E-state index contributed by atoms with van der Waals surface area (Å²) < 4.78 is 6.01. The number of rotatable bonds is 4. The highest BCUT2D eigenvalue weighted by Gasteiger charge is 2.30. The molecule has 1 aromatic heterocycles. The number of hydrogen-bond donors (Lipinski definition) is 1. The highest BCUT2D eigenvalue weighted by atomic mass is 35.5. The molecule has 1 amide bonds. The quantitative estimate of drug-likeness (QED) is 0.895. The SMILES string of the molecule is O=C(C1CN(Cc2ccc(-c3ccccc3Cl)o2)CCN1)N1CCCC1. The van der Waals surface area contributed by atoms with E-state index in [-0.39, 0.29) is 11.9 Å². The van der Waals surface area contributed by atoms with Crippen molar-refractivity contribution in [2.45, 2.75) is 25.4 Å². The van der Waals surface area contributed by atoms with E-state index in [0.29, 0.717) is 11.6 Å². The molecule has 2 fully saturated rings. The van der Waals surface area contributed by atoms with Gasteiger partial charge in [-0.1, -0.05) is 23.7 Å². The van der Waals surface area contributed by atoms with Gasteiger partial charge in [0, 0.05) is 38.3 Å². The van der Waals surface area contributed by atoms with Crippen molar-refractivity contribution in [2.24, 2.45) is 0 Å². The second-order valence-corrected chi connectivity index (χ2v) is 7.43. The molecule has 0 bridgehead atoms. The molecule has 2 aliphatic rings. The minimum Gasteiger partial charge on any atom is -0.460 e.